The molecule has 168 valence electrons. The quantitative estimate of drug-likeness (QED) is 0.575. The summed E-state index contributed by atoms with van der Waals surface area (Å²) in [5, 5.41) is 9.62. The second kappa shape index (κ2) is 8.14. The van der Waals surface area contributed by atoms with Crippen LogP contribution in [0.15, 0.2) is 18.5 Å². The van der Waals surface area contributed by atoms with E-state index in [4.69, 9.17) is 11.0 Å². The molecule has 12 heteroatoms. The number of carbonyl (C=O) groups is 2. The topological polar surface area (TPSA) is 140 Å². The molecule has 0 spiro atoms. The summed E-state index contributed by atoms with van der Waals surface area (Å²) in [5.41, 5.74) is 6.77. The Bertz CT molecular complexity index is 1220. The minimum atomic E-state index is -5.30. The number of rotatable bonds is 5. The van der Waals surface area contributed by atoms with Crippen molar-refractivity contribution >= 4 is 33.9 Å². The van der Waals surface area contributed by atoms with E-state index in [1.54, 1.807) is 16.8 Å². The summed E-state index contributed by atoms with van der Waals surface area (Å²) in [6.07, 6.45) is -1.15. The molecule has 1 aliphatic carbocycles. The van der Waals surface area contributed by atoms with Gasteiger partial charge in [-0.25, -0.2) is 14.8 Å². The highest BCUT2D eigenvalue weighted by molar-refractivity contribution is 6.01. The van der Waals surface area contributed by atoms with Crippen LogP contribution in [0.4, 0.5) is 13.2 Å². The summed E-state index contributed by atoms with van der Waals surface area (Å²) in [4.78, 5) is 35.1. The number of carbonyl (C=O) groups excluding carboxylic acids is 2. The standard InChI is InChI=1S/C20H19F3N6O3/c21-20(22,23)19(31)32-15(16(25)30)18-28-13-9-27-17-12(6-8-26-17)14(13)29(18)11-3-1-10(2-4-11)5-7-24/h6,8-11,15H,1-5H2,(H2,25,30)(H,26,27). The number of halogens is 3. The molecule has 3 heterocycles. The zero-order valence-electron chi connectivity index (χ0n) is 16.7. The Labute approximate surface area is 179 Å². The van der Waals surface area contributed by atoms with Crippen molar-refractivity contribution in [2.45, 2.75) is 50.4 Å². The minimum absolute atomic E-state index is 0.177. The molecule has 9 nitrogen and oxygen atoms in total. The molecule has 0 saturated heterocycles. The van der Waals surface area contributed by atoms with E-state index in [0.29, 0.717) is 41.3 Å². The van der Waals surface area contributed by atoms with Crippen molar-refractivity contribution in [3.05, 3.63) is 24.3 Å². The lowest BCUT2D eigenvalue weighted by Crippen LogP contribution is -2.34. The number of nitrogens with two attached hydrogens (primary N) is 1. The molecule has 0 aromatic carbocycles. The molecule has 32 heavy (non-hydrogen) atoms. The Balaban J connectivity index is 1.84. The molecule has 4 rings (SSSR count). The van der Waals surface area contributed by atoms with Gasteiger partial charge in [0.1, 0.15) is 11.2 Å². The highest BCUT2D eigenvalue weighted by atomic mass is 19.4. The maximum absolute atomic E-state index is 12.8. The number of aromatic amines is 1. The Morgan fingerprint density at radius 2 is 2.06 bits per heavy atom. The smallest absolute Gasteiger partial charge is 0.437 e. The van der Waals surface area contributed by atoms with Gasteiger partial charge < -0.3 is 20.0 Å². The SMILES string of the molecule is N#CCC1CCC(n2c(C(OC(=O)C(F)(F)F)C(N)=O)nc3cnc4[nH]ccc4c32)CC1. The fraction of sp³-hybridized carbons (Fsp3) is 0.450. The summed E-state index contributed by atoms with van der Waals surface area (Å²) in [7, 11) is 0. The second-order valence-electron chi connectivity index (χ2n) is 7.79. The maximum Gasteiger partial charge on any atom is 0.490 e. The molecular weight excluding hydrogens is 429 g/mol. The molecule has 1 saturated carbocycles. The number of esters is 1. The molecule has 1 atom stereocenters. The molecular formula is C20H19F3N6O3. The van der Waals surface area contributed by atoms with Crippen LogP contribution >= 0.6 is 0 Å². The average Bonchev–Trinajstić information content (AvgIpc) is 3.35. The molecule has 1 unspecified atom stereocenters. The second-order valence-corrected chi connectivity index (χ2v) is 7.79. The fourth-order valence-electron chi connectivity index (χ4n) is 4.31. The highest BCUT2D eigenvalue weighted by Crippen LogP contribution is 2.39. The number of aromatic nitrogens is 4. The van der Waals surface area contributed by atoms with Gasteiger partial charge in [0.25, 0.3) is 5.91 Å². The molecule has 3 aromatic heterocycles. The van der Waals surface area contributed by atoms with Crippen LogP contribution in [0.3, 0.4) is 0 Å². The average molecular weight is 448 g/mol. The van der Waals surface area contributed by atoms with E-state index in [-0.39, 0.29) is 17.8 Å². The molecule has 1 aliphatic rings. The Morgan fingerprint density at radius 1 is 1.34 bits per heavy atom. The van der Waals surface area contributed by atoms with Gasteiger partial charge in [-0.15, -0.1) is 0 Å². The van der Waals surface area contributed by atoms with Crippen LogP contribution in [0.1, 0.15) is 50.1 Å². The number of hydrogen-bond acceptors (Lipinski definition) is 6. The molecule has 3 N–H and O–H groups in total. The summed E-state index contributed by atoms with van der Waals surface area (Å²) >= 11 is 0. The number of H-pyrrole nitrogens is 1. The van der Waals surface area contributed by atoms with Crippen molar-refractivity contribution in [2.24, 2.45) is 11.7 Å². The van der Waals surface area contributed by atoms with E-state index in [2.05, 4.69) is 25.8 Å². The minimum Gasteiger partial charge on any atom is -0.437 e. The summed E-state index contributed by atoms with van der Waals surface area (Å²) in [5.74, 6) is -3.75. The third kappa shape index (κ3) is 3.86. The lowest BCUT2D eigenvalue weighted by atomic mass is 9.84. The zero-order valence-corrected chi connectivity index (χ0v) is 16.7. The van der Waals surface area contributed by atoms with Gasteiger partial charge in [0, 0.05) is 24.0 Å². The Morgan fingerprint density at radius 3 is 2.69 bits per heavy atom. The number of nitrogens with zero attached hydrogens (tertiary/aromatic N) is 4. The van der Waals surface area contributed by atoms with Crippen LogP contribution in [-0.4, -0.2) is 37.6 Å². The first-order chi connectivity index (χ1) is 15.2. The molecule has 1 amide bonds. The molecule has 0 bridgehead atoms. The van der Waals surface area contributed by atoms with Gasteiger partial charge in [-0.2, -0.15) is 18.4 Å². The number of amides is 1. The van der Waals surface area contributed by atoms with E-state index in [0.717, 1.165) is 12.8 Å². The number of nitrogens with one attached hydrogen (secondary N) is 1. The maximum atomic E-state index is 12.8. The number of hydrogen-bond donors (Lipinski definition) is 2. The summed E-state index contributed by atoms with van der Waals surface area (Å²) in [6.45, 7) is 0. The van der Waals surface area contributed by atoms with E-state index in [1.807, 2.05) is 0 Å². The van der Waals surface area contributed by atoms with Gasteiger partial charge in [0.05, 0.1) is 17.8 Å². The van der Waals surface area contributed by atoms with Gasteiger partial charge >= 0.3 is 12.1 Å². The van der Waals surface area contributed by atoms with Crippen LogP contribution in [0, 0.1) is 17.2 Å². The first kappa shape index (κ1) is 21.6. The third-order valence-corrected chi connectivity index (χ3v) is 5.77. The van der Waals surface area contributed by atoms with E-state index in [9.17, 15) is 22.8 Å². The number of fused-ring (bicyclic) bond motifs is 3. The number of alkyl halides is 3. The van der Waals surface area contributed by atoms with Crippen molar-refractivity contribution in [1.82, 2.24) is 19.5 Å². The Kier molecular flexibility index (Phi) is 5.50. The van der Waals surface area contributed by atoms with Crippen molar-refractivity contribution in [3.63, 3.8) is 0 Å². The predicted octanol–water partition coefficient (Wildman–Crippen LogP) is 3.19. The van der Waals surface area contributed by atoms with Crippen LogP contribution in [0.5, 0.6) is 0 Å². The largest absolute Gasteiger partial charge is 0.490 e. The molecule has 0 aliphatic heterocycles. The zero-order chi connectivity index (χ0) is 23.0. The van der Waals surface area contributed by atoms with Crippen LogP contribution in [0.2, 0.25) is 0 Å². The third-order valence-electron chi connectivity index (χ3n) is 5.77. The van der Waals surface area contributed by atoms with Gasteiger partial charge in [0.2, 0.25) is 6.10 Å². The lowest BCUT2D eigenvalue weighted by Gasteiger charge is -2.30. The van der Waals surface area contributed by atoms with Crippen molar-refractivity contribution in [3.8, 4) is 6.07 Å². The van der Waals surface area contributed by atoms with Gasteiger partial charge in [-0.3, -0.25) is 4.79 Å². The first-order valence-corrected chi connectivity index (χ1v) is 9.98. The monoisotopic (exact) mass is 448 g/mol. The predicted molar refractivity (Wildman–Crippen MR) is 105 cm³/mol. The normalized spacial score (nSPS) is 20.2. The van der Waals surface area contributed by atoms with Gasteiger partial charge in [0.15, 0.2) is 5.82 Å². The first-order valence-electron chi connectivity index (χ1n) is 9.98. The van der Waals surface area contributed by atoms with E-state index in [1.165, 1.54) is 6.20 Å². The summed E-state index contributed by atoms with van der Waals surface area (Å²) in [6, 6.07) is 3.67. The lowest BCUT2D eigenvalue weighted by molar-refractivity contribution is -0.205. The molecule has 0 radical (unpaired) electrons. The number of pyridine rings is 1. The van der Waals surface area contributed by atoms with Crippen LogP contribution in [0.25, 0.3) is 22.1 Å². The van der Waals surface area contributed by atoms with Gasteiger partial charge in [-0.05, 0) is 37.7 Å². The fourth-order valence-corrected chi connectivity index (χ4v) is 4.31. The molecule has 3 aromatic rings. The number of ether oxygens (including phenoxy) is 1. The van der Waals surface area contributed by atoms with Crippen molar-refractivity contribution < 1.29 is 27.5 Å². The van der Waals surface area contributed by atoms with Crippen molar-refractivity contribution in [1.29, 1.82) is 5.26 Å². The summed E-state index contributed by atoms with van der Waals surface area (Å²) < 4.78 is 44.6. The van der Waals surface area contributed by atoms with Crippen LogP contribution < -0.4 is 5.73 Å². The van der Waals surface area contributed by atoms with Crippen molar-refractivity contribution in [2.75, 3.05) is 0 Å². The van der Waals surface area contributed by atoms with E-state index < -0.39 is 24.2 Å². The number of primary amides is 1. The number of imidazole rings is 1. The Hall–Kier alpha value is -3.62. The van der Waals surface area contributed by atoms with Gasteiger partial charge in [-0.1, -0.05) is 0 Å². The van der Waals surface area contributed by atoms with E-state index >= 15 is 0 Å². The number of nitriles is 1. The molecule has 1 fully saturated rings. The van der Waals surface area contributed by atoms with Crippen LogP contribution in [-0.2, 0) is 14.3 Å². The highest BCUT2D eigenvalue weighted by Gasteiger charge is 2.45.